The normalized spacial score (nSPS) is 10.1. The van der Waals surface area contributed by atoms with Crippen molar-refractivity contribution < 1.29 is 9.59 Å². The summed E-state index contributed by atoms with van der Waals surface area (Å²) >= 11 is 0. The fourth-order valence-electron chi connectivity index (χ4n) is 2.47. The highest BCUT2D eigenvalue weighted by molar-refractivity contribution is 6.04. The van der Waals surface area contributed by atoms with E-state index in [0.29, 0.717) is 22.8 Å². The number of nitrogens with one attached hydrogen (secondary N) is 3. The van der Waals surface area contributed by atoms with E-state index in [1.165, 1.54) is 12.5 Å². The highest BCUT2D eigenvalue weighted by Crippen LogP contribution is 2.18. The molecule has 0 unspecified atom stereocenters. The Hall–Kier alpha value is -3.67. The zero-order valence-corrected chi connectivity index (χ0v) is 15.1. The van der Waals surface area contributed by atoms with Gasteiger partial charge in [-0.1, -0.05) is 17.7 Å². The Morgan fingerprint density at radius 2 is 1.41 bits per heavy atom. The van der Waals surface area contributed by atoms with Crippen LogP contribution < -0.4 is 16.0 Å². The number of carbonyl (C=O) groups is 2. The fraction of sp³-hybridized carbons (Fsp3) is 0.0952. The van der Waals surface area contributed by atoms with Gasteiger partial charge in [0.2, 0.25) is 5.91 Å². The first-order chi connectivity index (χ1) is 13.0. The van der Waals surface area contributed by atoms with Crippen molar-refractivity contribution in [3.05, 3.63) is 78.0 Å². The Morgan fingerprint density at radius 1 is 0.815 bits per heavy atom. The third-order valence-corrected chi connectivity index (χ3v) is 3.81. The van der Waals surface area contributed by atoms with Gasteiger partial charge in [-0.25, -0.2) is 4.98 Å². The molecular formula is C21H20N4O2. The summed E-state index contributed by atoms with van der Waals surface area (Å²) in [4.78, 5) is 27.8. The van der Waals surface area contributed by atoms with Crippen LogP contribution in [0.4, 0.5) is 22.9 Å². The maximum absolute atomic E-state index is 12.5. The molecule has 1 heterocycles. The van der Waals surface area contributed by atoms with Gasteiger partial charge in [0, 0.05) is 35.7 Å². The molecule has 0 radical (unpaired) electrons. The van der Waals surface area contributed by atoms with E-state index >= 15 is 0 Å². The molecule has 0 saturated heterocycles. The molecule has 27 heavy (non-hydrogen) atoms. The summed E-state index contributed by atoms with van der Waals surface area (Å²) in [6.45, 7) is 3.47. The zero-order valence-electron chi connectivity index (χ0n) is 15.1. The molecule has 0 fully saturated rings. The first kappa shape index (κ1) is 18.1. The lowest BCUT2D eigenvalue weighted by Gasteiger charge is -2.09. The van der Waals surface area contributed by atoms with Gasteiger partial charge in [0.1, 0.15) is 5.82 Å². The summed E-state index contributed by atoms with van der Waals surface area (Å²) in [5.41, 5.74) is 3.88. The second-order valence-electron chi connectivity index (χ2n) is 6.13. The average molecular weight is 360 g/mol. The third kappa shape index (κ3) is 5.15. The summed E-state index contributed by atoms with van der Waals surface area (Å²) in [6, 6.07) is 18.2. The second-order valence-corrected chi connectivity index (χ2v) is 6.13. The molecule has 2 aromatic carbocycles. The highest BCUT2D eigenvalue weighted by atomic mass is 16.2. The van der Waals surface area contributed by atoms with Crippen LogP contribution in [0.5, 0.6) is 0 Å². The van der Waals surface area contributed by atoms with Crippen LogP contribution in [0.15, 0.2) is 66.9 Å². The second kappa shape index (κ2) is 8.14. The minimum Gasteiger partial charge on any atom is -0.340 e. The van der Waals surface area contributed by atoms with E-state index in [4.69, 9.17) is 0 Å². The molecule has 0 aliphatic carbocycles. The molecule has 6 nitrogen and oxygen atoms in total. The van der Waals surface area contributed by atoms with Gasteiger partial charge >= 0.3 is 0 Å². The van der Waals surface area contributed by atoms with Crippen LogP contribution in [0.1, 0.15) is 22.8 Å². The number of aryl methyl sites for hydroxylation is 1. The Balaban J connectivity index is 1.67. The van der Waals surface area contributed by atoms with Crippen LogP contribution in [-0.4, -0.2) is 16.8 Å². The first-order valence-electron chi connectivity index (χ1n) is 8.48. The lowest BCUT2D eigenvalue weighted by Crippen LogP contribution is -2.12. The average Bonchev–Trinajstić information content (AvgIpc) is 2.65. The van der Waals surface area contributed by atoms with Crippen LogP contribution in [-0.2, 0) is 4.79 Å². The lowest BCUT2D eigenvalue weighted by molar-refractivity contribution is -0.114. The van der Waals surface area contributed by atoms with Crippen LogP contribution >= 0.6 is 0 Å². The van der Waals surface area contributed by atoms with Crippen molar-refractivity contribution in [2.75, 3.05) is 16.0 Å². The van der Waals surface area contributed by atoms with E-state index in [-0.39, 0.29) is 11.8 Å². The fourth-order valence-corrected chi connectivity index (χ4v) is 2.47. The van der Waals surface area contributed by atoms with E-state index in [2.05, 4.69) is 20.9 Å². The van der Waals surface area contributed by atoms with Crippen LogP contribution in [0, 0.1) is 6.92 Å². The van der Waals surface area contributed by atoms with E-state index in [1.807, 2.05) is 31.2 Å². The van der Waals surface area contributed by atoms with Crippen molar-refractivity contribution in [3.8, 4) is 0 Å². The van der Waals surface area contributed by atoms with Gasteiger partial charge in [-0.05, 0) is 55.5 Å². The number of anilines is 4. The summed E-state index contributed by atoms with van der Waals surface area (Å²) < 4.78 is 0. The maximum atomic E-state index is 12.5. The van der Waals surface area contributed by atoms with Gasteiger partial charge in [-0.2, -0.15) is 0 Å². The van der Waals surface area contributed by atoms with E-state index in [9.17, 15) is 9.59 Å². The van der Waals surface area contributed by atoms with E-state index < -0.39 is 0 Å². The highest BCUT2D eigenvalue weighted by Gasteiger charge is 2.08. The lowest BCUT2D eigenvalue weighted by atomic mass is 10.2. The van der Waals surface area contributed by atoms with Gasteiger partial charge in [-0.15, -0.1) is 0 Å². The monoisotopic (exact) mass is 360 g/mol. The van der Waals surface area contributed by atoms with Gasteiger partial charge in [0.15, 0.2) is 0 Å². The van der Waals surface area contributed by atoms with E-state index in [1.54, 1.807) is 42.6 Å². The summed E-state index contributed by atoms with van der Waals surface area (Å²) in [5.74, 6) is 0.210. The number of carbonyl (C=O) groups excluding carboxylic acids is 2. The number of pyridine rings is 1. The number of aromatic nitrogens is 1. The maximum Gasteiger partial charge on any atom is 0.255 e. The molecule has 0 saturated carbocycles. The molecule has 2 amide bonds. The summed E-state index contributed by atoms with van der Waals surface area (Å²) in [6.07, 6.45) is 1.59. The molecule has 1 aromatic heterocycles. The topological polar surface area (TPSA) is 83.1 Å². The molecule has 0 aliphatic heterocycles. The Kier molecular flexibility index (Phi) is 5.47. The van der Waals surface area contributed by atoms with Crippen molar-refractivity contribution in [3.63, 3.8) is 0 Å². The molecule has 0 aliphatic rings. The molecule has 6 heteroatoms. The summed E-state index contributed by atoms with van der Waals surface area (Å²) in [5, 5.41) is 8.70. The number of amides is 2. The standard InChI is InChI=1S/C21H20N4O2/c1-14-3-5-18(6-4-14)24-20-13-16(11-12-22-20)21(27)25-19-9-7-17(8-10-19)23-15(2)26/h3-13H,1-2H3,(H,22,24)(H,23,26)(H,25,27). The number of rotatable bonds is 5. The molecule has 136 valence electrons. The minimum absolute atomic E-state index is 0.142. The van der Waals surface area contributed by atoms with Gasteiger partial charge < -0.3 is 16.0 Å². The Labute approximate surface area is 157 Å². The van der Waals surface area contributed by atoms with Gasteiger partial charge in [0.25, 0.3) is 5.91 Å². The predicted octanol–water partition coefficient (Wildman–Crippen LogP) is 4.34. The zero-order chi connectivity index (χ0) is 19.2. The largest absolute Gasteiger partial charge is 0.340 e. The van der Waals surface area contributed by atoms with Crippen molar-refractivity contribution in [2.45, 2.75) is 13.8 Å². The molecule has 3 aromatic rings. The number of hydrogen-bond donors (Lipinski definition) is 3. The smallest absolute Gasteiger partial charge is 0.255 e. The molecule has 3 rings (SSSR count). The minimum atomic E-state index is -0.239. The SMILES string of the molecule is CC(=O)Nc1ccc(NC(=O)c2ccnc(Nc3ccc(C)cc3)c2)cc1. The van der Waals surface area contributed by atoms with Crippen LogP contribution in [0.3, 0.4) is 0 Å². The van der Waals surface area contributed by atoms with Crippen molar-refractivity contribution in [2.24, 2.45) is 0 Å². The van der Waals surface area contributed by atoms with Crippen LogP contribution in [0.2, 0.25) is 0 Å². The molecule has 3 N–H and O–H groups in total. The van der Waals surface area contributed by atoms with Crippen molar-refractivity contribution >= 4 is 34.7 Å². The quantitative estimate of drug-likeness (QED) is 0.632. The van der Waals surface area contributed by atoms with E-state index in [0.717, 1.165) is 5.69 Å². The Morgan fingerprint density at radius 3 is 2.04 bits per heavy atom. The third-order valence-electron chi connectivity index (χ3n) is 3.81. The first-order valence-corrected chi connectivity index (χ1v) is 8.48. The van der Waals surface area contributed by atoms with Crippen LogP contribution in [0.25, 0.3) is 0 Å². The molecule has 0 spiro atoms. The molecule has 0 atom stereocenters. The number of benzene rings is 2. The number of hydrogen-bond acceptors (Lipinski definition) is 4. The van der Waals surface area contributed by atoms with Crippen molar-refractivity contribution in [1.29, 1.82) is 0 Å². The van der Waals surface area contributed by atoms with Gasteiger partial charge in [-0.3, -0.25) is 9.59 Å². The molecular weight excluding hydrogens is 340 g/mol. The van der Waals surface area contributed by atoms with Crippen molar-refractivity contribution in [1.82, 2.24) is 4.98 Å². The predicted molar refractivity (Wildman–Crippen MR) is 107 cm³/mol. The number of nitrogens with zero attached hydrogens (tertiary/aromatic N) is 1. The van der Waals surface area contributed by atoms with Gasteiger partial charge in [0.05, 0.1) is 0 Å². The molecule has 0 bridgehead atoms. The summed E-state index contributed by atoms with van der Waals surface area (Å²) in [7, 11) is 0. The Bertz CT molecular complexity index is 951.